The maximum Gasteiger partial charge on any atom is 0.165 e. The molecule has 3 rings (SSSR count). The summed E-state index contributed by atoms with van der Waals surface area (Å²) >= 11 is 5.83. The lowest BCUT2D eigenvalue weighted by Crippen LogP contribution is -2.29. The van der Waals surface area contributed by atoms with Crippen LogP contribution in [0.1, 0.15) is 25.0 Å². The lowest BCUT2D eigenvalue weighted by Gasteiger charge is -2.34. The molecular weight excluding hydrogens is 390 g/mol. The van der Waals surface area contributed by atoms with Gasteiger partial charge in [-0.15, -0.1) is 6.58 Å². The number of rotatable bonds is 7. The Bertz CT molecular complexity index is 1000. The highest BCUT2D eigenvalue weighted by molar-refractivity contribution is 6.30. The number of hydrogen-bond donors (Lipinski definition) is 0. The van der Waals surface area contributed by atoms with Gasteiger partial charge in [-0.25, -0.2) is 8.78 Å². The second-order valence-corrected chi connectivity index (χ2v) is 7.81. The molecule has 0 heterocycles. The van der Waals surface area contributed by atoms with E-state index in [0.29, 0.717) is 12.2 Å². The molecular formula is C25H23ClF2O. The Morgan fingerprint density at radius 1 is 1.03 bits per heavy atom. The van der Waals surface area contributed by atoms with Gasteiger partial charge in [0.15, 0.2) is 11.6 Å². The number of halogens is 3. The van der Waals surface area contributed by atoms with E-state index in [-0.39, 0.29) is 16.7 Å². The average Bonchev–Trinajstić information content (AvgIpc) is 2.72. The predicted octanol–water partition coefficient (Wildman–Crippen LogP) is 7.73. The summed E-state index contributed by atoms with van der Waals surface area (Å²) in [5, 5.41) is 0.0917. The molecule has 3 aromatic rings. The van der Waals surface area contributed by atoms with Crippen molar-refractivity contribution in [1.29, 1.82) is 0 Å². The van der Waals surface area contributed by atoms with Crippen molar-refractivity contribution < 1.29 is 13.5 Å². The van der Waals surface area contributed by atoms with E-state index in [0.717, 1.165) is 11.1 Å². The number of ether oxygens (including phenoxy) is 1. The van der Waals surface area contributed by atoms with Crippen LogP contribution in [0, 0.1) is 17.6 Å². The van der Waals surface area contributed by atoms with Crippen LogP contribution in [0.25, 0.3) is 0 Å². The van der Waals surface area contributed by atoms with Gasteiger partial charge in [-0.2, -0.15) is 0 Å². The molecule has 0 fully saturated rings. The van der Waals surface area contributed by atoms with Crippen molar-refractivity contribution in [3.63, 3.8) is 0 Å². The summed E-state index contributed by atoms with van der Waals surface area (Å²) in [6, 6.07) is 18.8. The zero-order valence-electron chi connectivity index (χ0n) is 16.5. The highest BCUT2D eigenvalue weighted by atomic mass is 35.5. The molecule has 0 bridgehead atoms. The monoisotopic (exact) mass is 412 g/mol. The molecule has 4 heteroatoms. The van der Waals surface area contributed by atoms with Crippen LogP contribution in [0.3, 0.4) is 0 Å². The lowest BCUT2D eigenvalue weighted by atomic mass is 9.70. The van der Waals surface area contributed by atoms with Crippen LogP contribution in [-0.2, 0) is 11.8 Å². The topological polar surface area (TPSA) is 9.23 Å². The molecule has 0 aliphatic carbocycles. The van der Waals surface area contributed by atoms with E-state index >= 15 is 0 Å². The molecule has 0 amide bonds. The van der Waals surface area contributed by atoms with Crippen LogP contribution in [0.2, 0.25) is 5.02 Å². The third kappa shape index (κ3) is 4.68. The molecule has 0 saturated heterocycles. The molecule has 150 valence electrons. The third-order valence-corrected chi connectivity index (χ3v) is 5.80. The first-order valence-corrected chi connectivity index (χ1v) is 9.81. The average molecular weight is 413 g/mol. The minimum atomic E-state index is -0.486. The second kappa shape index (κ2) is 8.79. The van der Waals surface area contributed by atoms with Gasteiger partial charge < -0.3 is 4.74 Å². The SMILES string of the molecule is C=CC(C)(c1ccc(Cl)c(F)c1)C(C)Cc1ccc(F)c(Oc2ccccc2)c1. The van der Waals surface area contributed by atoms with E-state index in [1.807, 2.05) is 37.3 Å². The van der Waals surface area contributed by atoms with Crippen molar-refractivity contribution in [2.75, 3.05) is 0 Å². The van der Waals surface area contributed by atoms with Gasteiger partial charge in [0.1, 0.15) is 11.6 Å². The molecule has 0 aromatic heterocycles. The first-order valence-electron chi connectivity index (χ1n) is 9.44. The number of benzene rings is 3. The zero-order valence-corrected chi connectivity index (χ0v) is 17.2. The van der Waals surface area contributed by atoms with Gasteiger partial charge >= 0.3 is 0 Å². The first kappa shape index (κ1) is 21.1. The molecule has 0 radical (unpaired) electrons. The van der Waals surface area contributed by atoms with Crippen LogP contribution in [0.4, 0.5) is 8.78 Å². The molecule has 2 unspecified atom stereocenters. The summed E-state index contributed by atoms with van der Waals surface area (Å²) in [6.45, 7) is 8.05. The van der Waals surface area contributed by atoms with Gasteiger partial charge in [0.05, 0.1) is 5.02 Å². The van der Waals surface area contributed by atoms with E-state index in [4.69, 9.17) is 16.3 Å². The first-order chi connectivity index (χ1) is 13.8. The highest BCUT2D eigenvalue weighted by Crippen LogP contribution is 2.37. The fourth-order valence-corrected chi connectivity index (χ4v) is 3.49. The number of hydrogen-bond acceptors (Lipinski definition) is 1. The van der Waals surface area contributed by atoms with Crippen molar-refractivity contribution in [2.24, 2.45) is 5.92 Å². The molecule has 0 N–H and O–H groups in total. The zero-order chi connectivity index (χ0) is 21.0. The number of allylic oxidation sites excluding steroid dienone is 1. The predicted molar refractivity (Wildman–Crippen MR) is 115 cm³/mol. The number of para-hydroxylation sites is 1. The van der Waals surface area contributed by atoms with E-state index in [2.05, 4.69) is 13.5 Å². The normalized spacial score (nSPS) is 14.1. The fourth-order valence-electron chi connectivity index (χ4n) is 3.37. The van der Waals surface area contributed by atoms with Crippen LogP contribution in [0.5, 0.6) is 11.5 Å². The molecule has 2 atom stereocenters. The van der Waals surface area contributed by atoms with Crippen molar-refractivity contribution in [1.82, 2.24) is 0 Å². The largest absolute Gasteiger partial charge is 0.454 e. The Hall–Kier alpha value is -2.65. The molecule has 0 aliphatic rings. The summed E-state index contributed by atoms with van der Waals surface area (Å²) in [4.78, 5) is 0. The summed E-state index contributed by atoms with van der Waals surface area (Å²) < 4.78 is 34.0. The lowest BCUT2D eigenvalue weighted by molar-refractivity contribution is 0.382. The molecule has 29 heavy (non-hydrogen) atoms. The smallest absolute Gasteiger partial charge is 0.165 e. The molecule has 0 aliphatic heterocycles. The van der Waals surface area contributed by atoms with Crippen molar-refractivity contribution in [2.45, 2.75) is 25.7 Å². The van der Waals surface area contributed by atoms with Crippen LogP contribution in [0.15, 0.2) is 79.4 Å². The molecule has 0 spiro atoms. The summed E-state index contributed by atoms with van der Waals surface area (Å²) in [7, 11) is 0. The van der Waals surface area contributed by atoms with E-state index < -0.39 is 17.0 Å². The summed E-state index contributed by atoms with van der Waals surface area (Å²) in [5.41, 5.74) is 1.23. The van der Waals surface area contributed by atoms with Gasteiger partial charge in [-0.05, 0) is 59.9 Å². The summed E-state index contributed by atoms with van der Waals surface area (Å²) in [5.74, 6) is -0.0557. The van der Waals surface area contributed by atoms with Gasteiger partial charge in [0.2, 0.25) is 0 Å². The van der Waals surface area contributed by atoms with Crippen LogP contribution in [-0.4, -0.2) is 0 Å². The fraction of sp³-hybridized carbons (Fsp3) is 0.200. The Labute approximate surface area is 175 Å². The Morgan fingerprint density at radius 2 is 1.76 bits per heavy atom. The minimum absolute atomic E-state index is 0.0654. The van der Waals surface area contributed by atoms with Crippen molar-refractivity contribution in [3.8, 4) is 11.5 Å². The van der Waals surface area contributed by atoms with Crippen molar-refractivity contribution in [3.05, 3.63) is 107 Å². The van der Waals surface area contributed by atoms with Gasteiger partial charge in [-0.1, -0.05) is 61.9 Å². The van der Waals surface area contributed by atoms with Crippen LogP contribution >= 0.6 is 11.6 Å². The van der Waals surface area contributed by atoms with E-state index in [1.54, 1.807) is 30.3 Å². The highest BCUT2D eigenvalue weighted by Gasteiger charge is 2.31. The molecule has 1 nitrogen and oxygen atoms in total. The van der Waals surface area contributed by atoms with Gasteiger partial charge in [0.25, 0.3) is 0 Å². The maximum absolute atomic E-state index is 14.2. The third-order valence-electron chi connectivity index (χ3n) is 5.50. The standard InChI is InChI=1S/C25H23ClF2O/c1-4-25(3,19-11-12-21(26)23(28)16-19)17(2)14-18-10-13-22(27)24(15-18)29-20-8-6-5-7-9-20/h4-13,15-17H,1,14H2,2-3H3. The quantitative estimate of drug-likeness (QED) is 0.361. The Balaban J connectivity index is 1.85. The van der Waals surface area contributed by atoms with Gasteiger partial charge in [-0.3, -0.25) is 0 Å². The second-order valence-electron chi connectivity index (χ2n) is 7.40. The Kier molecular flexibility index (Phi) is 6.39. The van der Waals surface area contributed by atoms with E-state index in [9.17, 15) is 8.78 Å². The Morgan fingerprint density at radius 3 is 2.41 bits per heavy atom. The van der Waals surface area contributed by atoms with E-state index in [1.165, 1.54) is 12.1 Å². The molecule has 3 aromatic carbocycles. The van der Waals surface area contributed by atoms with Crippen LogP contribution < -0.4 is 4.74 Å². The summed E-state index contributed by atoms with van der Waals surface area (Å²) in [6.07, 6.45) is 2.46. The van der Waals surface area contributed by atoms with Crippen molar-refractivity contribution >= 4 is 11.6 Å². The molecule has 0 saturated carbocycles. The maximum atomic E-state index is 14.2. The van der Waals surface area contributed by atoms with Gasteiger partial charge in [0, 0.05) is 5.41 Å². The minimum Gasteiger partial charge on any atom is -0.454 e.